The molecule has 1 saturated carbocycles. The molecule has 0 N–H and O–H groups in total. The van der Waals surface area contributed by atoms with Crippen LogP contribution < -0.4 is 0 Å². The van der Waals surface area contributed by atoms with Gasteiger partial charge in [-0.1, -0.05) is 60.7 Å². The van der Waals surface area contributed by atoms with Gasteiger partial charge in [0.25, 0.3) is 0 Å². The van der Waals surface area contributed by atoms with Gasteiger partial charge >= 0.3 is 0 Å². The highest BCUT2D eigenvalue weighted by Crippen LogP contribution is 2.64. The summed E-state index contributed by atoms with van der Waals surface area (Å²) in [6.45, 7) is 0. The maximum atomic E-state index is 9.64. The molecule has 0 bridgehead atoms. The molecule has 90 valence electrons. The first-order chi connectivity index (χ1) is 9.29. The van der Waals surface area contributed by atoms with Crippen molar-refractivity contribution in [3.05, 3.63) is 71.8 Å². The van der Waals surface area contributed by atoms with Gasteiger partial charge in [0.05, 0.1) is 12.1 Å². The van der Waals surface area contributed by atoms with E-state index in [0.717, 1.165) is 11.1 Å². The van der Waals surface area contributed by atoms with E-state index in [4.69, 9.17) is 0 Å². The second-order valence-electron chi connectivity index (χ2n) is 4.94. The van der Waals surface area contributed by atoms with Gasteiger partial charge < -0.3 is 0 Å². The predicted octanol–water partition coefficient (Wildman–Crippen LogP) is 3.31. The van der Waals surface area contributed by atoms with E-state index in [1.165, 1.54) is 0 Å². The summed E-state index contributed by atoms with van der Waals surface area (Å²) in [6, 6.07) is 24.0. The van der Waals surface area contributed by atoms with E-state index in [1.54, 1.807) is 0 Å². The molecule has 0 unspecified atom stereocenters. The number of rotatable bonds is 2. The minimum absolute atomic E-state index is 0.570. The first-order valence-corrected chi connectivity index (χ1v) is 6.23. The SMILES string of the molecule is N#C[C@@]1(c2ccccc2)C[C@]1(C#N)c1ccccc1. The molecule has 2 nitrogen and oxygen atoms in total. The molecule has 2 aromatic rings. The molecule has 19 heavy (non-hydrogen) atoms. The summed E-state index contributed by atoms with van der Waals surface area (Å²) in [5, 5.41) is 19.3. The van der Waals surface area contributed by atoms with Gasteiger partial charge in [0.1, 0.15) is 10.8 Å². The maximum Gasteiger partial charge on any atom is 0.107 e. The van der Waals surface area contributed by atoms with Crippen molar-refractivity contribution < 1.29 is 0 Å². The Morgan fingerprint density at radius 2 is 1.05 bits per heavy atom. The van der Waals surface area contributed by atoms with Crippen LogP contribution in [-0.2, 0) is 10.8 Å². The highest BCUT2D eigenvalue weighted by atomic mass is 14.7. The quantitative estimate of drug-likeness (QED) is 0.813. The van der Waals surface area contributed by atoms with Crippen LogP contribution in [0.4, 0.5) is 0 Å². The van der Waals surface area contributed by atoms with Gasteiger partial charge in [-0.25, -0.2) is 0 Å². The monoisotopic (exact) mass is 244 g/mol. The lowest BCUT2D eigenvalue weighted by Gasteiger charge is -2.15. The lowest BCUT2D eigenvalue weighted by molar-refractivity contribution is 0.757. The third-order valence-corrected chi connectivity index (χ3v) is 4.05. The van der Waals surface area contributed by atoms with E-state index in [1.807, 2.05) is 60.7 Å². The summed E-state index contributed by atoms with van der Waals surface area (Å²) >= 11 is 0. The van der Waals surface area contributed by atoms with Crippen LogP contribution in [0.2, 0.25) is 0 Å². The Balaban J connectivity index is 2.14. The van der Waals surface area contributed by atoms with Gasteiger partial charge in [0, 0.05) is 0 Å². The van der Waals surface area contributed by atoms with Crippen LogP contribution in [0.5, 0.6) is 0 Å². The fourth-order valence-electron chi connectivity index (χ4n) is 2.89. The summed E-state index contributed by atoms with van der Waals surface area (Å²) in [5.41, 5.74) is 0.458. The fraction of sp³-hybridized carbons (Fsp3) is 0.176. The Kier molecular flexibility index (Phi) is 2.40. The van der Waals surface area contributed by atoms with Crippen molar-refractivity contribution in [1.82, 2.24) is 0 Å². The first kappa shape index (κ1) is 11.5. The van der Waals surface area contributed by atoms with Crippen LogP contribution in [-0.4, -0.2) is 0 Å². The van der Waals surface area contributed by atoms with E-state index >= 15 is 0 Å². The molecule has 0 aromatic heterocycles. The van der Waals surface area contributed by atoms with Crippen LogP contribution in [0.15, 0.2) is 60.7 Å². The standard InChI is InChI=1S/C17H12N2/c18-12-16(14-7-3-1-4-8-14)11-17(16,13-19)15-9-5-2-6-10-15/h1-10H,11H2/t16-,17+. The van der Waals surface area contributed by atoms with Crippen LogP contribution >= 0.6 is 0 Å². The summed E-state index contributed by atoms with van der Waals surface area (Å²) in [5.74, 6) is 0. The van der Waals surface area contributed by atoms with Crippen LogP contribution in [0.3, 0.4) is 0 Å². The molecule has 3 rings (SSSR count). The van der Waals surface area contributed by atoms with E-state index in [-0.39, 0.29) is 0 Å². The van der Waals surface area contributed by atoms with Crippen molar-refractivity contribution in [3.8, 4) is 12.1 Å². The average molecular weight is 244 g/mol. The molecule has 1 aliphatic rings. The zero-order valence-electron chi connectivity index (χ0n) is 10.4. The van der Waals surface area contributed by atoms with Crippen molar-refractivity contribution in [2.24, 2.45) is 0 Å². The molecule has 2 atom stereocenters. The summed E-state index contributed by atoms with van der Waals surface area (Å²) in [4.78, 5) is 0. The fourth-order valence-corrected chi connectivity index (χ4v) is 2.89. The molecular formula is C17H12N2. The van der Waals surface area contributed by atoms with E-state index in [9.17, 15) is 10.5 Å². The lowest BCUT2D eigenvalue weighted by Crippen LogP contribution is -2.19. The molecule has 2 heteroatoms. The van der Waals surface area contributed by atoms with E-state index in [2.05, 4.69) is 12.1 Å². The Morgan fingerprint density at radius 1 is 0.684 bits per heavy atom. The zero-order chi connectivity index (χ0) is 13.3. The first-order valence-electron chi connectivity index (χ1n) is 6.23. The van der Waals surface area contributed by atoms with Crippen molar-refractivity contribution in [1.29, 1.82) is 10.5 Å². The van der Waals surface area contributed by atoms with Crippen LogP contribution in [0.1, 0.15) is 17.5 Å². The second kappa shape index (κ2) is 3.97. The van der Waals surface area contributed by atoms with Crippen molar-refractivity contribution >= 4 is 0 Å². The average Bonchev–Trinajstić information content (AvgIpc) is 3.20. The number of hydrogen-bond acceptors (Lipinski definition) is 2. The van der Waals surface area contributed by atoms with E-state index < -0.39 is 10.8 Å². The Hall–Kier alpha value is -2.58. The minimum atomic E-state index is -0.704. The summed E-state index contributed by atoms with van der Waals surface area (Å²) in [7, 11) is 0. The topological polar surface area (TPSA) is 47.6 Å². The highest BCUT2D eigenvalue weighted by Gasteiger charge is 2.71. The largest absolute Gasteiger partial charge is 0.197 e. The summed E-state index contributed by atoms with van der Waals surface area (Å²) in [6.07, 6.45) is 0.570. The van der Waals surface area contributed by atoms with Gasteiger partial charge in [0.15, 0.2) is 0 Å². The third kappa shape index (κ3) is 1.41. The molecule has 0 amide bonds. The number of nitrogens with zero attached hydrogens (tertiary/aromatic N) is 2. The molecular weight excluding hydrogens is 232 g/mol. The zero-order valence-corrected chi connectivity index (χ0v) is 10.4. The smallest absolute Gasteiger partial charge is 0.107 e. The maximum absolute atomic E-state index is 9.64. The predicted molar refractivity (Wildman–Crippen MR) is 72.1 cm³/mol. The lowest BCUT2D eigenvalue weighted by atomic mass is 9.83. The normalized spacial score (nSPS) is 28.1. The molecule has 0 radical (unpaired) electrons. The van der Waals surface area contributed by atoms with E-state index in [0.29, 0.717) is 6.42 Å². The van der Waals surface area contributed by atoms with Crippen LogP contribution in [0, 0.1) is 22.7 Å². The number of benzene rings is 2. The second-order valence-corrected chi connectivity index (χ2v) is 4.94. The van der Waals surface area contributed by atoms with Gasteiger partial charge in [-0.05, 0) is 17.5 Å². The molecule has 0 spiro atoms. The Morgan fingerprint density at radius 3 is 1.37 bits per heavy atom. The molecule has 0 aliphatic heterocycles. The Bertz CT molecular complexity index is 617. The van der Waals surface area contributed by atoms with Gasteiger partial charge in [-0.15, -0.1) is 0 Å². The highest BCUT2D eigenvalue weighted by molar-refractivity contribution is 5.60. The molecule has 0 heterocycles. The van der Waals surface area contributed by atoms with Crippen LogP contribution in [0.25, 0.3) is 0 Å². The Labute approximate surface area is 112 Å². The van der Waals surface area contributed by atoms with Crippen molar-refractivity contribution in [3.63, 3.8) is 0 Å². The molecule has 1 fully saturated rings. The third-order valence-electron chi connectivity index (χ3n) is 4.05. The van der Waals surface area contributed by atoms with Gasteiger partial charge in [-0.2, -0.15) is 10.5 Å². The molecule has 2 aromatic carbocycles. The number of hydrogen-bond donors (Lipinski definition) is 0. The number of nitriles is 2. The van der Waals surface area contributed by atoms with Gasteiger partial charge in [0.2, 0.25) is 0 Å². The molecule has 1 aliphatic carbocycles. The molecule has 0 saturated heterocycles. The van der Waals surface area contributed by atoms with Gasteiger partial charge in [-0.3, -0.25) is 0 Å². The summed E-state index contributed by atoms with van der Waals surface area (Å²) < 4.78 is 0. The minimum Gasteiger partial charge on any atom is -0.197 e. The van der Waals surface area contributed by atoms with Crippen molar-refractivity contribution in [2.75, 3.05) is 0 Å². The van der Waals surface area contributed by atoms with Crippen molar-refractivity contribution in [2.45, 2.75) is 17.3 Å².